The Kier molecular flexibility index (Phi) is 3.76. The summed E-state index contributed by atoms with van der Waals surface area (Å²) in [6, 6.07) is 8.58. The van der Waals surface area contributed by atoms with Crippen molar-refractivity contribution >= 4 is 5.97 Å². The lowest BCUT2D eigenvalue weighted by Crippen LogP contribution is -2.49. The van der Waals surface area contributed by atoms with E-state index >= 15 is 0 Å². The molecule has 21 heavy (non-hydrogen) atoms. The highest BCUT2D eigenvalue weighted by atomic mass is 16.5. The van der Waals surface area contributed by atoms with E-state index in [-0.39, 0.29) is 36.0 Å². The number of carbonyl (C=O) groups excluding carboxylic acids is 1. The van der Waals surface area contributed by atoms with E-state index < -0.39 is 0 Å². The Bertz CT molecular complexity index is 527. The molecule has 0 aliphatic carbocycles. The Hall–Kier alpha value is -1.39. The van der Waals surface area contributed by atoms with Crippen LogP contribution in [0.5, 0.6) is 0 Å². The van der Waals surface area contributed by atoms with Crippen LogP contribution in [0, 0.1) is 12.8 Å². The maximum atomic E-state index is 12.3. The minimum Gasteiger partial charge on any atom is -0.469 e. The number of methoxy groups -OCH3 is 1. The second kappa shape index (κ2) is 5.43. The number of hydrogen-bond donors (Lipinski definition) is 1. The first-order valence-corrected chi connectivity index (χ1v) is 7.57. The SMILES string of the molecule is COC(=O)[C@@H]1[C@@H](c2ccc(C)cc2)C[C@H]2[C@@H](O)C[C@H]1N2C. The van der Waals surface area contributed by atoms with Crippen LogP contribution in [0.25, 0.3) is 0 Å². The molecule has 0 radical (unpaired) electrons. The predicted molar refractivity (Wildman–Crippen MR) is 80.0 cm³/mol. The second-order valence-electron chi connectivity index (χ2n) is 6.41. The van der Waals surface area contributed by atoms with Crippen molar-refractivity contribution in [2.75, 3.05) is 14.2 Å². The van der Waals surface area contributed by atoms with Gasteiger partial charge in [-0.2, -0.15) is 0 Å². The number of aryl methyl sites for hydroxylation is 1. The highest BCUT2D eigenvalue weighted by Crippen LogP contribution is 2.46. The molecule has 0 aromatic heterocycles. The van der Waals surface area contributed by atoms with Crippen LogP contribution < -0.4 is 0 Å². The Morgan fingerprint density at radius 3 is 2.52 bits per heavy atom. The number of likely N-dealkylation sites (N-methyl/N-ethyl adjacent to an activating group) is 1. The Morgan fingerprint density at radius 1 is 1.24 bits per heavy atom. The number of carbonyl (C=O) groups is 1. The summed E-state index contributed by atoms with van der Waals surface area (Å²) in [5.41, 5.74) is 2.39. The maximum Gasteiger partial charge on any atom is 0.310 e. The van der Waals surface area contributed by atoms with Crippen LogP contribution in [-0.2, 0) is 9.53 Å². The van der Waals surface area contributed by atoms with E-state index in [0.29, 0.717) is 6.42 Å². The summed E-state index contributed by atoms with van der Waals surface area (Å²) in [7, 11) is 3.46. The van der Waals surface area contributed by atoms with Gasteiger partial charge < -0.3 is 9.84 Å². The molecule has 1 N–H and O–H groups in total. The Labute approximate surface area is 125 Å². The van der Waals surface area contributed by atoms with E-state index in [1.54, 1.807) is 0 Å². The van der Waals surface area contributed by atoms with Gasteiger partial charge in [0.25, 0.3) is 0 Å². The minimum absolute atomic E-state index is 0.0671. The maximum absolute atomic E-state index is 12.3. The number of nitrogens with zero attached hydrogens (tertiary/aromatic N) is 1. The zero-order chi connectivity index (χ0) is 15.1. The zero-order valence-electron chi connectivity index (χ0n) is 12.8. The van der Waals surface area contributed by atoms with Crippen molar-refractivity contribution in [3.05, 3.63) is 35.4 Å². The lowest BCUT2D eigenvalue weighted by molar-refractivity contribution is -0.150. The van der Waals surface area contributed by atoms with Gasteiger partial charge in [0.15, 0.2) is 0 Å². The van der Waals surface area contributed by atoms with E-state index in [1.807, 2.05) is 7.05 Å². The molecule has 4 heteroatoms. The van der Waals surface area contributed by atoms with Crippen LogP contribution in [0.15, 0.2) is 24.3 Å². The summed E-state index contributed by atoms with van der Waals surface area (Å²) in [6.07, 6.45) is 1.11. The number of aliphatic hydroxyl groups excluding tert-OH is 1. The number of esters is 1. The van der Waals surface area contributed by atoms with Gasteiger partial charge in [-0.15, -0.1) is 0 Å². The number of piperidine rings is 1. The smallest absolute Gasteiger partial charge is 0.310 e. The highest BCUT2D eigenvalue weighted by Gasteiger charge is 2.53. The largest absolute Gasteiger partial charge is 0.469 e. The van der Waals surface area contributed by atoms with E-state index in [1.165, 1.54) is 18.2 Å². The average molecular weight is 289 g/mol. The summed E-state index contributed by atoms with van der Waals surface area (Å²) < 4.78 is 5.05. The molecule has 4 nitrogen and oxygen atoms in total. The predicted octanol–water partition coefficient (Wildman–Crippen LogP) is 1.71. The third-order valence-electron chi connectivity index (χ3n) is 5.30. The fourth-order valence-corrected chi connectivity index (χ4v) is 4.10. The van der Waals surface area contributed by atoms with Crippen LogP contribution in [0.1, 0.15) is 29.9 Å². The van der Waals surface area contributed by atoms with E-state index in [2.05, 4.69) is 36.1 Å². The standard InChI is InChI=1S/C17H23NO3/c1-10-4-6-11(7-5-10)12-8-13-15(19)9-14(18(13)2)16(12)17(20)21-3/h4-7,12-16,19H,8-9H2,1-3H3/t12-,13+,14-,15+,16-/m1/s1. The van der Waals surface area contributed by atoms with Crippen LogP contribution >= 0.6 is 0 Å². The van der Waals surface area contributed by atoms with Crippen molar-refractivity contribution in [1.82, 2.24) is 4.90 Å². The lowest BCUT2D eigenvalue weighted by Gasteiger charge is -2.41. The van der Waals surface area contributed by atoms with Gasteiger partial charge in [-0.05, 0) is 32.4 Å². The highest BCUT2D eigenvalue weighted by molar-refractivity contribution is 5.75. The van der Waals surface area contributed by atoms with Crippen molar-refractivity contribution in [3.8, 4) is 0 Å². The monoisotopic (exact) mass is 289 g/mol. The molecule has 2 saturated heterocycles. The molecular formula is C17H23NO3. The summed E-state index contributed by atoms with van der Waals surface area (Å²) in [6.45, 7) is 2.06. The lowest BCUT2D eigenvalue weighted by atomic mass is 9.76. The van der Waals surface area contributed by atoms with Gasteiger partial charge in [0.1, 0.15) is 0 Å². The normalized spacial score (nSPS) is 35.7. The number of ether oxygens (including phenoxy) is 1. The van der Waals surface area contributed by atoms with Crippen molar-refractivity contribution < 1.29 is 14.6 Å². The fourth-order valence-electron chi connectivity index (χ4n) is 4.10. The molecule has 2 bridgehead atoms. The van der Waals surface area contributed by atoms with Crippen molar-refractivity contribution in [1.29, 1.82) is 0 Å². The fraction of sp³-hybridized carbons (Fsp3) is 0.588. The molecule has 1 aromatic rings. The molecule has 5 atom stereocenters. The molecule has 0 unspecified atom stereocenters. The molecule has 0 spiro atoms. The Morgan fingerprint density at radius 2 is 1.90 bits per heavy atom. The van der Waals surface area contributed by atoms with Crippen molar-refractivity contribution in [3.63, 3.8) is 0 Å². The molecule has 114 valence electrons. The molecule has 1 aromatic carbocycles. The molecule has 2 fully saturated rings. The van der Waals surface area contributed by atoms with Gasteiger partial charge in [-0.1, -0.05) is 29.8 Å². The quantitative estimate of drug-likeness (QED) is 0.842. The summed E-state index contributed by atoms with van der Waals surface area (Å²) in [4.78, 5) is 14.5. The Balaban J connectivity index is 1.97. The number of aliphatic hydroxyl groups is 1. The summed E-state index contributed by atoms with van der Waals surface area (Å²) in [5.74, 6) is -0.234. The van der Waals surface area contributed by atoms with Crippen molar-refractivity contribution in [2.24, 2.45) is 5.92 Å². The molecule has 2 aliphatic rings. The number of hydrogen-bond acceptors (Lipinski definition) is 4. The number of fused-ring (bicyclic) bond motifs is 2. The zero-order valence-corrected chi connectivity index (χ0v) is 12.8. The molecule has 3 rings (SSSR count). The average Bonchev–Trinajstić information content (AvgIpc) is 2.66. The first kappa shape index (κ1) is 14.5. The van der Waals surface area contributed by atoms with Gasteiger partial charge in [0.05, 0.1) is 19.1 Å². The van der Waals surface area contributed by atoms with E-state index in [9.17, 15) is 9.90 Å². The van der Waals surface area contributed by atoms with Crippen LogP contribution in [0.3, 0.4) is 0 Å². The van der Waals surface area contributed by atoms with Crippen molar-refractivity contribution in [2.45, 2.75) is 43.9 Å². The number of rotatable bonds is 2. The van der Waals surface area contributed by atoms with Gasteiger partial charge >= 0.3 is 5.97 Å². The molecule has 2 heterocycles. The van der Waals surface area contributed by atoms with Gasteiger partial charge in [0.2, 0.25) is 0 Å². The molecular weight excluding hydrogens is 266 g/mol. The summed E-state index contributed by atoms with van der Waals surface area (Å²) in [5, 5.41) is 10.3. The first-order chi connectivity index (χ1) is 10.0. The van der Waals surface area contributed by atoms with Gasteiger partial charge in [-0.3, -0.25) is 9.69 Å². The van der Waals surface area contributed by atoms with Crippen LogP contribution in [-0.4, -0.2) is 48.3 Å². The van der Waals surface area contributed by atoms with Crippen LogP contribution in [0.4, 0.5) is 0 Å². The number of benzene rings is 1. The van der Waals surface area contributed by atoms with Crippen LogP contribution in [0.2, 0.25) is 0 Å². The molecule has 2 aliphatic heterocycles. The van der Waals surface area contributed by atoms with Gasteiger partial charge in [0, 0.05) is 18.0 Å². The first-order valence-electron chi connectivity index (χ1n) is 7.57. The summed E-state index contributed by atoms with van der Waals surface area (Å²) >= 11 is 0. The molecule has 0 saturated carbocycles. The van der Waals surface area contributed by atoms with E-state index in [4.69, 9.17) is 4.74 Å². The molecule has 0 amide bonds. The third kappa shape index (κ3) is 2.36. The topological polar surface area (TPSA) is 49.8 Å². The van der Waals surface area contributed by atoms with Gasteiger partial charge in [-0.25, -0.2) is 0 Å². The van der Waals surface area contributed by atoms with E-state index in [0.717, 1.165) is 6.42 Å². The second-order valence-corrected chi connectivity index (χ2v) is 6.41. The third-order valence-corrected chi connectivity index (χ3v) is 5.30. The minimum atomic E-state index is -0.345.